The van der Waals surface area contributed by atoms with Crippen LogP contribution >= 0.6 is 0 Å². The van der Waals surface area contributed by atoms with Gasteiger partial charge in [-0.1, -0.05) is 19.1 Å². The largest absolute Gasteiger partial charge is 0.497 e. The van der Waals surface area contributed by atoms with E-state index in [9.17, 15) is 0 Å². The Morgan fingerprint density at radius 1 is 1.30 bits per heavy atom. The molecule has 2 aliphatic heterocycles. The molecule has 20 heavy (non-hydrogen) atoms. The average Bonchev–Trinajstić information content (AvgIpc) is 2.94. The fraction of sp³-hybridized carbons (Fsp3) is 0.625. The molecule has 0 aliphatic carbocycles. The SMILES string of the molecule is COc1cccc(C2[C@@H](C)C3(CCN2C)OCCO3)c1. The van der Waals surface area contributed by atoms with Crippen molar-refractivity contribution in [2.45, 2.75) is 25.2 Å². The van der Waals surface area contributed by atoms with E-state index in [2.05, 4.69) is 31.0 Å². The first-order chi connectivity index (χ1) is 9.66. The third-order valence-corrected chi connectivity index (χ3v) is 4.67. The van der Waals surface area contributed by atoms with Crippen molar-refractivity contribution in [1.29, 1.82) is 0 Å². The molecule has 2 fully saturated rings. The van der Waals surface area contributed by atoms with E-state index in [1.807, 2.05) is 12.1 Å². The monoisotopic (exact) mass is 277 g/mol. The van der Waals surface area contributed by atoms with Gasteiger partial charge in [0.05, 0.1) is 20.3 Å². The van der Waals surface area contributed by atoms with Gasteiger partial charge in [0, 0.05) is 24.9 Å². The number of benzene rings is 1. The van der Waals surface area contributed by atoms with Crippen molar-refractivity contribution in [1.82, 2.24) is 4.90 Å². The molecule has 0 bridgehead atoms. The van der Waals surface area contributed by atoms with Gasteiger partial charge in [-0.25, -0.2) is 0 Å². The van der Waals surface area contributed by atoms with Crippen molar-refractivity contribution >= 4 is 0 Å². The Morgan fingerprint density at radius 2 is 2.05 bits per heavy atom. The molecule has 0 N–H and O–H groups in total. The molecule has 2 atom stereocenters. The van der Waals surface area contributed by atoms with Gasteiger partial charge in [-0.15, -0.1) is 0 Å². The van der Waals surface area contributed by atoms with Crippen molar-refractivity contribution in [3.63, 3.8) is 0 Å². The van der Waals surface area contributed by atoms with Crippen LogP contribution in [-0.2, 0) is 9.47 Å². The van der Waals surface area contributed by atoms with Crippen molar-refractivity contribution < 1.29 is 14.2 Å². The highest BCUT2D eigenvalue weighted by molar-refractivity contribution is 5.31. The third kappa shape index (κ3) is 2.22. The number of hydrogen-bond acceptors (Lipinski definition) is 4. The van der Waals surface area contributed by atoms with E-state index in [0.29, 0.717) is 13.2 Å². The second-order valence-corrected chi connectivity index (χ2v) is 5.75. The van der Waals surface area contributed by atoms with Gasteiger partial charge in [-0.2, -0.15) is 0 Å². The molecule has 110 valence electrons. The fourth-order valence-corrected chi connectivity index (χ4v) is 3.57. The lowest BCUT2D eigenvalue weighted by Gasteiger charge is -2.47. The molecule has 1 spiro atoms. The Labute approximate surface area is 120 Å². The van der Waals surface area contributed by atoms with Gasteiger partial charge in [0.1, 0.15) is 5.75 Å². The molecule has 0 amide bonds. The van der Waals surface area contributed by atoms with E-state index >= 15 is 0 Å². The van der Waals surface area contributed by atoms with E-state index in [-0.39, 0.29) is 12.0 Å². The highest BCUT2D eigenvalue weighted by atomic mass is 16.7. The molecule has 4 nitrogen and oxygen atoms in total. The Hall–Kier alpha value is -1.10. The summed E-state index contributed by atoms with van der Waals surface area (Å²) in [6, 6.07) is 8.60. The quantitative estimate of drug-likeness (QED) is 0.831. The molecule has 4 heteroatoms. The average molecular weight is 277 g/mol. The van der Waals surface area contributed by atoms with Crippen LogP contribution in [0.4, 0.5) is 0 Å². The van der Waals surface area contributed by atoms with Crippen LogP contribution in [0.5, 0.6) is 5.75 Å². The fourth-order valence-electron chi connectivity index (χ4n) is 3.57. The Bertz CT molecular complexity index is 471. The summed E-state index contributed by atoms with van der Waals surface area (Å²) in [6.45, 7) is 4.62. The lowest BCUT2D eigenvalue weighted by Crippen LogP contribution is -2.52. The van der Waals surface area contributed by atoms with E-state index in [1.54, 1.807) is 7.11 Å². The number of piperidine rings is 1. The first-order valence-electron chi connectivity index (χ1n) is 7.28. The molecule has 3 rings (SSSR count). The van der Waals surface area contributed by atoms with Gasteiger partial charge in [0.15, 0.2) is 5.79 Å². The molecule has 1 aromatic rings. The van der Waals surface area contributed by atoms with Crippen LogP contribution in [0.1, 0.15) is 24.9 Å². The zero-order chi connectivity index (χ0) is 14.2. The van der Waals surface area contributed by atoms with Gasteiger partial charge in [-0.3, -0.25) is 4.90 Å². The minimum Gasteiger partial charge on any atom is -0.497 e. The van der Waals surface area contributed by atoms with Gasteiger partial charge in [-0.05, 0) is 24.7 Å². The minimum absolute atomic E-state index is 0.288. The molecule has 0 radical (unpaired) electrons. The second-order valence-electron chi connectivity index (χ2n) is 5.75. The minimum atomic E-state index is -0.403. The molecule has 2 heterocycles. The van der Waals surface area contributed by atoms with Crippen molar-refractivity contribution in [3.05, 3.63) is 29.8 Å². The molecule has 1 unspecified atom stereocenters. The van der Waals surface area contributed by atoms with E-state index in [0.717, 1.165) is 18.7 Å². The van der Waals surface area contributed by atoms with Gasteiger partial charge in [0.25, 0.3) is 0 Å². The summed E-state index contributed by atoms with van der Waals surface area (Å²) >= 11 is 0. The van der Waals surface area contributed by atoms with Crippen LogP contribution in [0.15, 0.2) is 24.3 Å². The topological polar surface area (TPSA) is 30.9 Å². The molecular weight excluding hydrogens is 254 g/mol. The highest BCUT2D eigenvalue weighted by Crippen LogP contribution is 2.45. The highest BCUT2D eigenvalue weighted by Gasteiger charge is 2.49. The number of ether oxygens (including phenoxy) is 3. The molecule has 0 saturated carbocycles. The predicted molar refractivity (Wildman–Crippen MR) is 76.8 cm³/mol. The zero-order valence-electron chi connectivity index (χ0n) is 12.5. The number of rotatable bonds is 2. The summed E-state index contributed by atoms with van der Waals surface area (Å²) < 4.78 is 17.3. The molecule has 1 aromatic carbocycles. The van der Waals surface area contributed by atoms with Crippen molar-refractivity contribution in [3.8, 4) is 5.75 Å². The summed E-state index contributed by atoms with van der Waals surface area (Å²) in [4.78, 5) is 2.38. The van der Waals surface area contributed by atoms with Crippen LogP contribution in [0.3, 0.4) is 0 Å². The number of likely N-dealkylation sites (tertiary alicyclic amines) is 1. The van der Waals surface area contributed by atoms with E-state index in [4.69, 9.17) is 14.2 Å². The maximum Gasteiger partial charge on any atom is 0.174 e. The molecule has 2 aliphatic rings. The number of methoxy groups -OCH3 is 1. The Morgan fingerprint density at radius 3 is 2.75 bits per heavy atom. The zero-order valence-corrected chi connectivity index (χ0v) is 12.5. The normalized spacial score (nSPS) is 29.8. The van der Waals surface area contributed by atoms with E-state index < -0.39 is 5.79 Å². The van der Waals surface area contributed by atoms with Crippen LogP contribution in [0.2, 0.25) is 0 Å². The molecule has 0 aromatic heterocycles. The first kappa shape index (κ1) is 13.9. The maximum absolute atomic E-state index is 5.97. The lowest BCUT2D eigenvalue weighted by atomic mass is 9.81. The smallest absolute Gasteiger partial charge is 0.174 e. The van der Waals surface area contributed by atoms with E-state index in [1.165, 1.54) is 5.56 Å². The van der Waals surface area contributed by atoms with Crippen molar-refractivity contribution in [2.24, 2.45) is 5.92 Å². The molecule has 2 saturated heterocycles. The summed E-state index contributed by atoms with van der Waals surface area (Å²) in [5.74, 6) is 0.784. The van der Waals surface area contributed by atoms with Crippen LogP contribution in [0, 0.1) is 5.92 Å². The predicted octanol–water partition coefficient (Wildman–Crippen LogP) is 2.45. The van der Waals surface area contributed by atoms with Crippen LogP contribution in [-0.4, -0.2) is 44.6 Å². The summed E-state index contributed by atoms with van der Waals surface area (Å²) in [5, 5.41) is 0. The second kappa shape index (κ2) is 5.35. The Balaban J connectivity index is 1.92. The number of nitrogens with zero attached hydrogens (tertiary/aromatic N) is 1. The third-order valence-electron chi connectivity index (χ3n) is 4.67. The van der Waals surface area contributed by atoms with Gasteiger partial charge in [0.2, 0.25) is 0 Å². The standard InChI is InChI=1S/C16H23NO3/c1-12-15(13-5-4-6-14(11-13)18-3)17(2)8-7-16(12)19-9-10-20-16/h4-6,11-12,15H,7-10H2,1-3H3/t12-,15?/m1/s1. The van der Waals surface area contributed by atoms with Crippen molar-refractivity contribution in [2.75, 3.05) is 33.9 Å². The lowest BCUT2D eigenvalue weighted by molar-refractivity contribution is -0.229. The van der Waals surface area contributed by atoms with Gasteiger partial charge < -0.3 is 14.2 Å². The maximum atomic E-state index is 5.97. The Kier molecular flexibility index (Phi) is 3.71. The van der Waals surface area contributed by atoms with Crippen LogP contribution in [0.25, 0.3) is 0 Å². The number of hydrogen-bond donors (Lipinski definition) is 0. The first-order valence-corrected chi connectivity index (χ1v) is 7.28. The summed E-state index contributed by atoms with van der Waals surface area (Å²) in [6.07, 6.45) is 0.936. The summed E-state index contributed by atoms with van der Waals surface area (Å²) in [7, 11) is 3.88. The van der Waals surface area contributed by atoms with Crippen LogP contribution < -0.4 is 4.74 Å². The van der Waals surface area contributed by atoms with Gasteiger partial charge >= 0.3 is 0 Å². The summed E-state index contributed by atoms with van der Waals surface area (Å²) in [5.41, 5.74) is 1.26. The molecular formula is C16H23NO3.